The first-order valence-electron chi connectivity index (χ1n) is 4.78. The number of amides is 1. The van der Waals surface area contributed by atoms with E-state index in [2.05, 4.69) is 10.2 Å². The zero-order valence-corrected chi connectivity index (χ0v) is 9.03. The van der Waals surface area contributed by atoms with Gasteiger partial charge >= 0.3 is 6.18 Å². The van der Waals surface area contributed by atoms with Gasteiger partial charge in [0.05, 0.1) is 0 Å². The van der Waals surface area contributed by atoms with E-state index >= 15 is 0 Å². The van der Waals surface area contributed by atoms with Crippen LogP contribution in [-0.4, -0.2) is 40.3 Å². The molecule has 0 saturated heterocycles. The molecule has 0 bridgehead atoms. The predicted molar refractivity (Wildman–Crippen MR) is 54.1 cm³/mol. The Labute approximate surface area is 95.4 Å². The maximum Gasteiger partial charge on any atom is 0.406 e. The van der Waals surface area contributed by atoms with Crippen molar-refractivity contribution in [3.63, 3.8) is 0 Å². The number of anilines is 1. The van der Waals surface area contributed by atoms with Gasteiger partial charge in [0, 0.05) is 6.54 Å². The largest absolute Gasteiger partial charge is 0.406 e. The summed E-state index contributed by atoms with van der Waals surface area (Å²) in [6.45, 7) is 0.0765. The SMILES string of the molecule is CCN(CC(F)(F)F)C(=O)c1ccc(N)nn1. The predicted octanol–water partition coefficient (Wildman–Crippen LogP) is 1.08. The van der Waals surface area contributed by atoms with Gasteiger partial charge in [0.1, 0.15) is 12.4 Å². The van der Waals surface area contributed by atoms with Crippen molar-refractivity contribution in [2.45, 2.75) is 13.1 Å². The summed E-state index contributed by atoms with van der Waals surface area (Å²) in [4.78, 5) is 12.3. The van der Waals surface area contributed by atoms with E-state index in [4.69, 9.17) is 5.73 Å². The van der Waals surface area contributed by atoms with Crippen molar-refractivity contribution in [1.82, 2.24) is 15.1 Å². The number of hydrogen-bond donors (Lipinski definition) is 1. The fourth-order valence-corrected chi connectivity index (χ4v) is 1.16. The highest BCUT2D eigenvalue weighted by Crippen LogP contribution is 2.17. The zero-order valence-electron chi connectivity index (χ0n) is 9.03. The average Bonchev–Trinajstić information content (AvgIpc) is 2.25. The van der Waals surface area contributed by atoms with Crippen molar-refractivity contribution in [2.75, 3.05) is 18.8 Å². The molecule has 1 rings (SSSR count). The van der Waals surface area contributed by atoms with Gasteiger partial charge in [0.25, 0.3) is 5.91 Å². The summed E-state index contributed by atoms with van der Waals surface area (Å²) in [5.74, 6) is -0.724. The van der Waals surface area contributed by atoms with Crippen molar-refractivity contribution in [3.8, 4) is 0 Å². The van der Waals surface area contributed by atoms with Gasteiger partial charge in [-0.15, -0.1) is 10.2 Å². The Morgan fingerprint density at radius 1 is 1.41 bits per heavy atom. The van der Waals surface area contributed by atoms with Gasteiger partial charge in [-0.05, 0) is 19.1 Å². The third-order valence-corrected chi connectivity index (χ3v) is 1.94. The van der Waals surface area contributed by atoms with E-state index in [1.165, 1.54) is 19.1 Å². The average molecular weight is 248 g/mol. The molecule has 1 amide bonds. The summed E-state index contributed by atoms with van der Waals surface area (Å²) in [6.07, 6.45) is -4.44. The number of alkyl halides is 3. The van der Waals surface area contributed by atoms with Crippen LogP contribution in [0.2, 0.25) is 0 Å². The van der Waals surface area contributed by atoms with Gasteiger partial charge in [-0.3, -0.25) is 4.79 Å². The number of halogens is 3. The molecule has 0 atom stereocenters. The number of nitrogen functional groups attached to an aromatic ring is 1. The van der Waals surface area contributed by atoms with Crippen LogP contribution in [-0.2, 0) is 0 Å². The maximum atomic E-state index is 12.2. The Hall–Kier alpha value is -1.86. The van der Waals surface area contributed by atoms with Crippen LogP contribution in [0.4, 0.5) is 19.0 Å². The van der Waals surface area contributed by atoms with Gasteiger partial charge in [-0.25, -0.2) is 0 Å². The van der Waals surface area contributed by atoms with Crippen LogP contribution in [0, 0.1) is 0 Å². The Morgan fingerprint density at radius 3 is 2.47 bits per heavy atom. The quantitative estimate of drug-likeness (QED) is 0.868. The Morgan fingerprint density at radius 2 is 2.06 bits per heavy atom. The normalized spacial score (nSPS) is 11.3. The van der Waals surface area contributed by atoms with Gasteiger partial charge in [-0.1, -0.05) is 0 Å². The molecule has 1 aromatic rings. The summed E-state index contributed by atoms with van der Waals surface area (Å²) in [5.41, 5.74) is 5.10. The molecule has 0 radical (unpaired) electrons. The van der Waals surface area contributed by atoms with Gasteiger partial charge in [-0.2, -0.15) is 13.2 Å². The van der Waals surface area contributed by atoms with E-state index in [1.807, 2.05) is 0 Å². The second kappa shape index (κ2) is 4.98. The molecule has 8 heteroatoms. The van der Waals surface area contributed by atoms with E-state index in [0.717, 1.165) is 0 Å². The molecular weight excluding hydrogens is 237 g/mol. The van der Waals surface area contributed by atoms with E-state index in [1.54, 1.807) is 0 Å². The van der Waals surface area contributed by atoms with Crippen molar-refractivity contribution >= 4 is 11.7 Å². The molecule has 0 saturated carbocycles. The van der Waals surface area contributed by atoms with Crippen LogP contribution >= 0.6 is 0 Å². The van der Waals surface area contributed by atoms with E-state index < -0.39 is 18.6 Å². The van der Waals surface area contributed by atoms with Crippen molar-refractivity contribution in [1.29, 1.82) is 0 Å². The molecule has 0 fully saturated rings. The molecule has 0 aromatic carbocycles. The molecule has 0 unspecified atom stereocenters. The van der Waals surface area contributed by atoms with Crippen LogP contribution in [0.5, 0.6) is 0 Å². The minimum atomic E-state index is -4.44. The summed E-state index contributed by atoms with van der Waals surface area (Å²) >= 11 is 0. The van der Waals surface area contributed by atoms with E-state index in [9.17, 15) is 18.0 Å². The highest BCUT2D eigenvalue weighted by molar-refractivity contribution is 5.92. The minimum Gasteiger partial charge on any atom is -0.382 e. The molecular formula is C9H11F3N4O. The van der Waals surface area contributed by atoms with Gasteiger partial charge in [0.15, 0.2) is 5.69 Å². The van der Waals surface area contributed by atoms with Crippen LogP contribution in [0.3, 0.4) is 0 Å². The number of nitrogens with zero attached hydrogens (tertiary/aromatic N) is 3. The maximum absolute atomic E-state index is 12.2. The third kappa shape index (κ3) is 3.89. The lowest BCUT2D eigenvalue weighted by atomic mass is 10.3. The van der Waals surface area contributed by atoms with Crippen LogP contribution in [0.15, 0.2) is 12.1 Å². The van der Waals surface area contributed by atoms with E-state index in [-0.39, 0.29) is 18.1 Å². The van der Waals surface area contributed by atoms with Gasteiger partial charge < -0.3 is 10.6 Å². The number of rotatable bonds is 3. The lowest BCUT2D eigenvalue weighted by Gasteiger charge is -2.21. The lowest BCUT2D eigenvalue weighted by Crippen LogP contribution is -2.39. The molecule has 1 aromatic heterocycles. The molecule has 94 valence electrons. The molecule has 2 N–H and O–H groups in total. The smallest absolute Gasteiger partial charge is 0.382 e. The second-order valence-corrected chi connectivity index (χ2v) is 3.28. The molecule has 0 aliphatic rings. The minimum absolute atomic E-state index is 0.0651. The Bertz CT molecular complexity index is 390. The monoisotopic (exact) mass is 248 g/mol. The highest BCUT2D eigenvalue weighted by atomic mass is 19.4. The number of carbonyl (C=O) groups is 1. The number of hydrogen-bond acceptors (Lipinski definition) is 4. The van der Waals surface area contributed by atoms with Crippen molar-refractivity contribution < 1.29 is 18.0 Å². The zero-order chi connectivity index (χ0) is 13.1. The van der Waals surface area contributed by atoms with Crippen LogP contribution < -0.4 is 5.73 Å². The first-order chi connectivity index (χ1) is 7.83. The molecule has 17 heavy (non-hydrogen) atoms. The third-order valence-electron chi connectivity index (χ3n) is 1.94. The fourth-order valence-electron chi connectivity index (χ4n) is 1.16. The first kappa shape index (κ1) is 13.2. The van der Waals surface area contributed by atoms with Crippen molar-refractivity contribution in [2.24, 2.45) is 0 Å². The van der Waals surface area contributed by atoms with Gasteiger partial charge in [0.2, 0.25) is 0 Å². The van der Waals surface area contributed by atoms with E-state index in [0.29, 0.717) is 4.90 Å². The second-order valence-electron chi connectivity index (χ2n) is 3.28. The number of carbonyl (C=O) groups excluding carboxylic acids is 1. The molecule has 1 heterocycles. The van der Waals surface area contributed by atoms with Crippen LogP contribution in [0.25, 0.3) is 0 Å². The highest BCUT2D eigenvalue weighted by Gasteiger charge is 2.33. The summed E-state index contributed by atoms with van der Waals surface area (Å²) in [5, 5.41) is 6.86. The molecule has 5 nitrogen and oxygen atoms in total. The number of aromatic nitrogens is 2. The molecule has 0 spiro atoms. The first-order valence-corrected chi connectivity index (χ1v) is 4.78. The Balaban J connectivity index is 2.83. The lowest BCUT2D eigenvalue weighted by molar-refractivity contribution is -0.140. The molecule has 0 aliphatic carbocycles. The fraction of sp³-hybridized carbons (Fsp3) is 0.444. The Kier molecular flexibility index (Phi) is 3.87. The molecule has 0 aliphatic heterocycles. The topological polar surface area (TPSA) is 72.1 Å². The van der Waals surface area contributed by atoms with Crippen LogP contribution in [0.1, 0.15) is 17.4 Å². The standard InChI is InChI=1S/C9H11F3N4O/c1-2-16(5-9(10,11)12)8(17)6-3-4-7(13)15-14-6/h3-4H,2,5H2,1H3,(H2,13,15). The summed E-state index contributed by atoms with van der Waals surface area (Å²) < 4.78 is 36.5. The number of nitrogens with two attached hydrogens (primary N) is 1. The summed E-state index contributed by atoms with van der Waals surface area (Å²) in [7, 11) is 0. The summed E-state index contributed by atoms with van der Waals surface area (Å²) in [6, 6.07) is 2.55. The van der Waals surface area contributed by atoms with Crippen molar-refractivity contribution in [3.05, 3.63) is 17.8 Å².